The van der Waals surface area contributed by atoms with Crippen LogP contribution in [0, 0.1) is 0 Å². The molecular formula is C18H17N3O3. The average molecular weight is 323 g/mol. The number of carbonyl (C=O) groups is 3. The number of nitrogens with zero attached hydrogens (tertiary/aromatic N) is 2. The summed E-state index contributed by atoms with van der Waals surface area (Å²) >= 11 is 0. The number of nitrogens with one attached hydrogen (secondary N) is 1. The van der Waals surface area contributed by atoms with E-state index in [1.807, 2.05) is 0 Å². The molecule has 6 heteroatoms. The molecule has 0 bridgehead atoms. The zero-order valence-corrected chi connectivity index (χ0v) is 13.4. The lowest BCUT2D eigenvalue weighted by molar-refractivity contribution is 0.0642. The van der Waals surface area contributed by atoms with E-state index in [1.165, 1.54) is 4.90 Å². The first kappa shape index (κ1) is 15.9. The average Bonchev–Trinajstić information content (AvgIpc) is 2.80. The van der Waals surface area contributed by atoms with E-state index in [9.17, 15) is 14.4 Å². The van der Waals surface area contributed by atoms with Crippen LogP contribution in [0.25, 0.3) is 0 Å². The second-order valence-electron chi connectivity index (χ2n) is 5.78. The second kappa shape index (κ2) is 6.25. The van der Waals surface area contributed by atoms with Gasteiger partial charge in [-0.15, -0.1) is 0 Å². The first-order valence-electron chi connectivity index (χ1n) is 7.50. The van der Waals surface area contributed by atoms with Crippen LogP contribution in [0.3, 0.4) is 0 Å². The van der Waals surface area contributed by atoms with Crippen molar-refractivity contribution < 1.29 is 14.4 Å². The van der Waals surface area contributed by atoms with Crippen LogP contribution in [-0.2, 0) is 6.54 Å². The summed E-state index contributed by atoms with van der Waals surface area (Å²) in [6.45, 7) is 0.134. The largest absolute Gasteiger partial charge is 0.285 e. The summed E-state index contributed by atoms with van der Waals surface area (Å²) in [7, 11) is 3.45. The van der Waals surface area contributed by atoms with Crippen molar-refractivity contribution in [2.45, 2.75) is 6.54 Å². The van der Waals surface area contributed by atoms with E-state index in [0.717, 1.165) is 5.56 Å². The summed E-state index contributed by atoms with van der Waals surface area (Å²) in [6, 6.07) is 13.7. The highest BCUT2D eigenvalue weighted by Crippen LogP contribution is 2.24. The Morgan fingerprint density at radius 1 is 1.00 bits per heavy atom. The molecule has 1 N–H and O–H groups in total. The lowest BCUT2D eigenvalue weighted by Gasteiger charge is -2.15. The molecule has 0 aromatic heterocycles. The Balaban J connectivity index is 1.82. The number of rotatable bonds is 4. The van der Waals surface area contributed by atoms with Gasteiger partial charge in [0.05, 0.1) is 17.7 Å². The zero-order chi connectivity index (χ0) is 17.3. The molecule has 1 heterocycles. The van der Waals surface area contributed by atoms with Gasteiger partial charge in [0.1, 0.15) is 0 Å². The molecule has 1 aliphatic heterocycles. The molecule has 0 radical (unpaired) electrons. The highest BCUT2D eigenvalue weighted by molar-refractivity contribution is 6.21. The molecule has 0 atom stereocenters. The predicted octanol–water partition coefficient (Wildman–Crippen LogP) is 1.69. The lowest BCUT2D eigenvalue weighted by atomic mass is 10.1. The number of benzene rings is 2. The van der Waals surface area contributed by atoms with Crippen molar-refractivity contribution in [2.75, 3.05) is 14.1 Å². The molecule has 0 unspecified atom stereocenters. The standard InChI is InChI=1S/C18H17N3O3/c1-20(2)19-16(22)13-7-5-6-12(10-13)11-21-17(23)14-8-3-4-9-15(14)18(21)24/h3-10H,11H2,1-2H3,(H,19,22). The quantitative estimate of drug-likeness (QED) is 0.687. The number of hydrazine groups is 1. The Bertz CT molecular complexity index is 795. The van der Waals surface area contributed by atoms with Crippen LogP contribution in [0.1, 0.15) is 36.6 Å². The third kappa shape index (κ3) is 2.91. The molecule has 3 amide bonds. The SMILES string of the molecule is CN(C)NC(=O)c1cccc(CN2C(=O)c3ccccc3C2=O)c1. The second-order valence-corrected chi connectivity index (χ2v) is 5.78. The molecule has 0 aliphatic carbocycles. The summed E-state index contributed by atoms with van der Waals surface area (Å²) in [4.78, 5) is 38.0. The maximum atomic E-state index is 12.4. The van der Waals surface area contributed by atoms with Crippen LogP contribution < -0.4 is 5.43 Å². The van der Waals surface area contributed by atoms with Crippen molar-refractivity contribution in [3.8, 4) is 0 Å². The van der Waals surface area contributed by atoms with Crippen molar-refractivity contribution in [3.63, 3.8) is 0 Å². The molecule has 0 saturated heterocycles. The van der Waals surface area contributed by atoms with Gasteiger partial charge in [0.15, 0.2) is 0 Å². The van der Waals surface area contributed by atoms with Gasteiger partial charge in [-0.25, -0.2) is 5.01 Å². The van der Waals surface area contributed by atoms with Crippen LogP contribution in [0.15, 0.2) is 48.5 Å². The molecule has 24 heavy (non-hydrogen) atoms. The smallest absolute Gasteiger partial charge is 0.265 e. The predicted molar refractivity (Wildman–Crippen MR) is 88.2 cm³/mol. The normalized spacial score (nSPS) is 13.4. The van der Waals surface area contributed by atoms with E-state index in [0.29, 0.717) is 16.7 Å². The Labute approximate surface area is 139 Å². The van der Waals surface area contributed by atoms with E-state index in [4.69, 9.17) is 0 Å². The maximum absolute atomic E-state index is 12.4. The van der Waals surface area contributed by atoms with Crippen molar-refractivity contribution in [1.29, 1.82) is 0 Å². The van der Waals surface area contributed by atoms with Gasteiger partial charge in [-0.2, -0.15) is 0 Å². The van der Waals surface area contributed by atoms with Crippen molar-refractivity contribution in [1.82, 2.24) is 15.3 Å². The molecule has 2 aromatic rings. The van der Waals surface area contributed by atoms with Crippen LogP contribution in [-0.4, -0.2) is 41.7 Å². The van der Waals surface area contributed by atoms with E-state index >= 15 is 0 Å². The van der Waals surface area contributed by atoms with Gasteiger partial charge in [-0.1, -0.05) is 24.3 Å². The summed E-state index contributed by atoms with van der Waals surface area (Å²) in [5, 5.41) is 1.55. The fraction of sp³-hybridized carbons (Fsp3) is 0.167. The summed E-state index contributed by atoms with van der Waals surface area (Å²) in [5.74, 6) is -0.860. The third-order valence-electron chi connectivity index (χ3n) is 3.73. The van der Waals surface area contributed by atoms with Crippen molar-refractivity contribution in [3.05, 3.63) is 70.8 Å². The first-order valence-corrected chi connectivity index (χ1v) is 7.50. The van der Waals surface area contributed by atoms with Gasteiger partial charge >= 0.3 is 0 Å². The minimum Gasteiger partial charge on any atom is -0.285 e. The van der Waals surface area contributed by atoms with E-state index in [-0.39, 0.29) is 24.3 Å². The van der Waals surface area contributed by atoms with Gasteiger partial charge in [-0.05, 0) is 29.8 Å². The van der Waals surface area contributed by atoms with Crippen LogP contribution in [0.4, 0.5) is 0 Å². The minimum absolute atomic E-state index is 0.134. The Hall–Kier alpha value is -2.99. The highest BCUT2D eigenvalue weighted by atomic mass is 16.2. The number of imide groups is 1. The Morgan fingerprint density at radius 2 is 1.62 bits per heavy atom. The van der Waals surface area contributed by atoms with Crippen molar-refractivity contribution in [2.24, 2.45) is 0 Å². The topological polar surface area (TPSA) is 69.7 Å². The molecular weight excluding hydrogens is 306 g/mol. The van der Waals surface area contributed by atoms with Gasteiger partial charge in [0, 0.05) is 19.7 Å². The van der Waals surface area contributed by atoms with Crippen molar-refractivity contribution >= 4 is 17.7 Å². The minimum atomic E-state index is -0.307. The van der Waals surface area contributed by atoms with E-state index < -0.39 is 0 Å². The van der Waals surface area contributed by atoms with Gasteiger partial charge in [0.2, 0.25) is 0 Å². The number of fused-ring (bicyclic) bond motifs is 1. The molecule has 0 fully saturated rings. The molecule has 3 rings (SSSR count). The summed E-state index contributed by atoms with van der Waals surface area (Å²) in [5.41, 5.74) is 4.69. The maximum Gasteiger partial charge on any atom is 0.265 e. The first-order chi connectivity index (χ1) is 11.5. The molecule has 2 aromatic carbocycles. The monoisotopic (exact) mass is 323 g/mol. The molecule has 0 spiro atoms. The fourth-order valence-electron chi connectivity index (χ4n) is 2.64. The fourth-order valence-corrected chi connectivity index (χ4v) is 2.64. The number of hydrogen-bond acceptors (Lipinski definition) is 4. The molecule has 0 saturated carbocycles. The Kier molecular flexibility index (Phi) is 4.14. The number of amides is 3. The lowest BCUT2D eigenvalue weighted by Crippen LogP contribution is -2.36. The van der Waals surface area contributed by atoms with Gasteiger partial charge < -0.3 is 0 Å². The van der Waals surface area contributed by atoms with E-state index in [2.05, 4.69) is 5.43 Å². The Morgan fingerprint density at radius 3 is 2.21 bits per heavy atom. The van der Waals surface area contributed by atoms with Crippen LogP contribution in [0.2, 0.25) is 0 Å². The zero-order valence-electron chi connectivity index (χ0n) is 13.4. The van der Waals surface area contributed by atoms with Crippen LogP contribution >= 0.6 is 0 Å². The van der Waals surface area contributed by atoms with Gasteiger partial charge in [0.25, 0.3) is 17.7 Å². The molecule has 6 nitrogen and oxygen atoms in total. The third-order valence-corrected chi connectivity index (χ3v) is 3.73. The molecule has 122 valence electrons. The summed E-state index contributed by atoms with van der Waals surface area (Å²) < 4.78 is 0. The van der Waals surface area contributed by atoms with E-state index in [1.54, 1.807) is 67.6 Å². The van der Waals surface area contributed by atoms with Gasteiger partial charge in [-0.3, -0.25) is 24.7 Å². The number of carbonyl (C=O) groups excluding carboxylic acids is 3. The highest BCUT2D eigenvalue weighted by Gasteiger charge is 2.34. The van der Waals surface area contributed by atoms with Crippen LogP contribution in [0.5, 0.6) is 0 Å². The molecule has 1 aliphatic rings. The summed E-state index contributed by atoms with van der Waals surface area (Å²) in [6.07, 6.45) is 0. The number of hydrogen-bond donors (Lipinski definition) is 1.